The van der Waals surface area contributed by atoms with E-state index < -0.39 is 0 Å². The van der Waals surface area contributed by atoms with Crippen LogP contribution in [0.4, 0.5) is 5.69 Å². The lowest BCUT2D eigenvalue weighted by atomic mass is 10.2. The molecule has 2 aromatic rings. The van der Waals surface area contributed by atoms with Crippen molar-refractivity contribution in [3.63, 3.8) is 0 Å². The van der Waals surface area contributed by atoms with Gasteiger partial charge in [0, 0.05) is 13.3 Å². The van der Waals surface area contributed by atoms with Gasteiger partial charge in [-0.3, -0.25) is 0 Å². The summed E-state index contributed by atoms with van der Waals surface area (Å²) in [5, 5.41) is 4.24. The minimum atomic E-state index is 0.285. The molecule has 96 valence electrons. The average Bonchev–Trinajstić information content (AvgIpc) is 2.81. The molecule has 1 heterocycles. The van der Waals surface area contributed by atoms with Crippen LogP contribution >= 0.6 is 45.5 Å². The number of thiophene rings is 1. The second kappa shape index (κ2) is 6.26. The molecule has 1 aromatic carbocycles. The van der Waals surface area contributed by atoms with Crippen LogP contribution in [0.25, 0.3) is 0 Å². The van der Waals surface area contributed by atoms with Crippen LogP contribution in [0.1, 0.15) is 29.6 Å². The van der Waals surface area contributed by atoms with Crippen molar-refractivity contribution in [1.29, 1.82) is 0 Å². The molecule has 0 amide bonds. The van der Waals surface area contributed by atoms with E-state index in [1.165, 1.54) is 9.75 Å². The average molecular weight is 392 g/mol. The normalized spacial score (nSPS) is 12.4. The van der Waals surface area contributed by atoms with Crippen LogP contribution in [0.3, 0.4) is 0 Å². The fraction of sp³-hybridized carbons (Fsp3) is 0.286. The smallest absolute Gasteiger partial charge is 0.0648 e. The lowest BCUT2D eigenvalue weighted by Gasteiger charge is -2.15. The highest BCUT2D eigenvalue weighted by Crippen LogP contribution is 2.30. The minimum absolute atomic E-state index is 0.285. The van der Waals surface area contributed by atoms with Gasteiger partial charge < -0.3 is 5.32 Å². The third-order valence-electron chi connectivity index (χ3n) is 2.76. The zero-order valence-corrected chi connectivity index (χ0v) is 14.1. The van der Waals surface area contributed by atoms with Gasteiger partial charge in [0.25, 0.3) is 0 Å². The largest absolute Gasteiger partial charge is 0.377 e. The summed E-state index contributed by atoms with van der Waals surface area (Å²) >= 11 is 10.4. The van der Waals surface area contributed by atoms with E-state index in [4.69, 9.17) is 11.6 Å². The van der Waals surface area contributed by atoms with Crippen molar-refractivity contribution >= 4 is 51.2 Å². The molecule has 18 heavy (non-hydrogen) atoms. The molecule has 4 heteroatoms. The van der Waals surface area contributed by atoms with Crippen LogP contribution < -0.4 is 5.32 Å². The fourth-order valence-electron chi connectivity index (χ4n) is 1.73. The Kier molecular flexibility index (Phi) is 4.92. The number of rotatable bonds is 4. The Balaban J connectivity index is 2.13. The predicted octanol–water partition coefficient (Wildman–Crippen LogP) is 5.74. The molecular formula is C14H15ClINS. The molecule has 1 N–H and O–H groups in total. The molecule has 1 unspecified atom stereocenters. The molecule has 0 aliphatic heterocycles. The molecule has 0 saturated carbocycles. The van der Waals surface area contributed by atoms with Crippen molar-refractivity contribution in [2.75, 3.05) is 5.32 Å². The van der Waals surface area contributed by atoms with Gasteiger partial charge in [0.2, 0.25) is 0 Å². The molecule has 2 rings (SSSR count). The lowest BCUT2D eigenvalue weighted by molar-refractivity contribution is 0.908. The predicted molar refractivity (Wildman–Crippen MR) is 89.9 cm³/mol. The molecule has 1 aromatic heterocycles. The summed E-state index contributed by atoms with van der Waals surface area (Å²) in [6, 6.07) is 10.8. The van der Waals surface area contributed by atoms with E-state index in [-0.39, 0.29) is 6.04 Å². The maximum absolute atomic E-state index is 6.23. The Labute approximate surface area is 131 Å². The second-order valence-electron chi connectivity index (χ2n) is 4.15. The van der Waals surface area contributed by atoms with Crippen molar-refractivity contribution in [3.05, 3.63) is 48.7 Å². The van der Waals surface area contributed by atoms with E-state index in [0.717, 1.165) is 20.7 Å². The fourth-order valence-corrected chi connectivity index (χ4v) is 3.59. The number of anilines is 1. The minimum Gasteiger partial charge on any atom is -0.377 e. The van der Waals surface area contributed by atoms with Gasteiger partial charge >= 0.3 is 0 Å². The molecule has 0 aliphatic carbocycles. The summed E-state index contributed by atoms with van der Waals surface area (Å²) in [6.45, 7) is 4.35. The Morgan fingerprint density at radius 2 is 2.11 bits per heavy atom. The number of halogens is 2. The molecule has 0 fully saturated rings. The van der Waals surface area contributed by atoms with E-state index in [1.54, 1.807) is 0 Å². The summed E-state index contributed by atoms with van der Waals surface area (Å²) in [5.41, 5.74) is 0.996. The van der Waals surface area contributed by atoms with Crippen molar-refractivity contribution < 1.29 is 0 Å². The lowest BCUT2D eigenvalue weighted by Crippen LogP contribution is -2.05. The maximum Gasteiger partial charge on any atom is 0.0648 e. The van der Waals surface area contributed by atoms with Gasteiger partial charge in [0.1, 0.15) is 0 Å². The van der Waals surface area contributed by atoms with Crippen LogP contribution in [0.5, 0.6) is 0 Å². The Morgan fingerprint density at radius 1 is 1.33 bits per heavy atom. The Bertz CT molecular complexity index is 538. The van der Waals surface area contributed by atoms with Crippen LogP contribution in [-0.2, 0) is 6.42 Å². The first kappa shape index (κ1) is 14.2. The third-order valence-corrected chi connectivity index (χ3v) is 5.16. The number of aryl methyl sites for hydroxylation is 1. The zero-order chi connectivity index (χ0) is 13.1. The monoisotopic (exact) mass is 391 g/mol. The summed E-state index contributed by atoms with van der Waals surface area (Å²) in [4.78, 5) is 2.77. The van der Waals surface area contributed by atoms with Crippen LogP contribution in [0.2, 0.25) is 5.02 Å². The quantitative estimate of drug-likeness (QED) is 0.655. The van der Waals surface area contributed by atoms with Gasteiger partial charge in [-0.1, -0.05) is 18.5 Å². The standard InChI is InChI=1S/C14H15ClINS/c1-3-11-5-7-14(18-11)9(2)17-13-6-4-10(16)8-12(13)15/h4-9,17H,3H2,1-2H3. The molecule has 1 atom stereocenters. The van der Waals surface area contributed by atoms with Gasteiger partial charge in [0.15, 0.2) is 0 Å². The summed E-state index contributed by atoms with van der Waals surface area (Å²) < 4.78 is 1.15. The van der Waals surface area contributed by atoms with Gasteiger partial charge in [-0.05, 0) is 66.3 Å². The summed E-state index contributed by atoms with van der Waals surface area (Å²) in [7, 11) is 0. The van der Waals surface area contributed by atoms with E-state index in [2.05, 4.69) is 60.0 Å². The van der Waals surface area contributed by atoms with E-state index in [1.807, 2.05) is 23.5 Å². The molecule has 1 nitrogen and oxygen atoms in total. The topological polar surface area (TPSA) is 12.0 Å². The highest BCUT2D eigenvalue weighted by molar-refractivity contribution is 14.1. The molecule has 0 radical (unpaired) electrons. The second-order valence-corrected chi connectivity index (χ2v) is 7.00. The molecular weight excluding hydrogens is 377 g/mol. The van der Waals surface area contributed by atoms with Gasteiger partial charge in [-0.15, -0.1) is 11.3 Å². The van der Waals surface area contributed by atoms with Crippen LogP contribution in [-0.4, -0.2) is 0 Å². The Hall–Kier alpha value is -0.260. The van der Waals surface area contributed by atoms with Crippen LogP contribution in [0, 0.1) is 3.57 Å². The van der Waals surface area contributed by atoms with E-state index in [0.29, 0.717) is 0 Å². The summed E-state index contributed by atoms with van der Waals surface area (Å²) in [6.07, 6.45) is 1.10. The van der Waals surface area contributed by atoms with Crippen LogP contribution in [0.15, 0.2) is 30.3 Å². The van der Waals surface area contributed by atoms with Gasteiger partial charge in [-0.2, -0.15) is 0 Å². The number of benzene rings is 1. The first-order valence-electron chi connectivity index (χ1n) is 5.90. The van der Waals surface area contributed by atoms with Crippen molar-refractivity contribution in [2.45, 2.75) is 26.3 Å². The SMILES string of the molecule is CCc1ccc(C(C)Nc2ccc(I)cc2Cl)s1. The molecule has 0 bridgehead atoms. The van der Waals surface area contributed by atoms with Crippen molar-refractivity contribution in [1.82, 2.24) is 0 Å². The van der Waals surface area contributed by atoms with Gasteiger partial charge in [0.05, 0.1) is 16.8 Å². The number of hydrogen-bond acceptors (Lipinski definition) is 2. The number of hydrogen-bond donors (Lipinski definition) is 1. The summed E-state index contributed by atoms with van der Waals surface area (Å²) in [5.74, 6) is 0. The van der Waals surface area contributed by atoms with Crippen molar-refractivity contribution in [2.24, 2.45) is 0 Å². The zero-order valence-electron chi connectivity index (χ0n) is 10.3. The third kappa shape index (κ3) is 3.39. The Morgan fingerprint density at radius 3 is 2.72 bits per heavy atom. The first-order chi connectivity index (χ1) is 8.60. The molecule has 0 spiro atoms. The number of nitrogens with one attached hydrogen (secondary N) is 1. The molecule has 0 saturated heterocycles. The van der Waals surface area contributed by atoms with Gasteiger partial charge in [-0.25, -0.2) is 0 Å². The molecule has 0 aliphatic rings. The highest BCUT2D eigenvalue weighted by Gasteiger charge is 2.10. The van der Waals surface area contributed by atoms with Crippen molar-refractivity contribution in [3.8, 4) is 0 Å². The van der Waals surface area contributed by atoms with E-state index >= 15 is 0 Å². The highest BCUT2D eigenvalue weighted by atomic mass is 127. The van der Waals surface area contributed by atoms with E-state index in [9.17, 15) is 0 Å². The maximum atomic E-state index is 6.23. The first-order valence-corrected chi connectivity index (χ1v) is 8.17.